The van der Waals surface area contributed by atoms with Crippen LogP contribution in [0, 0.1) is 24.7 Å². The molecule has 0 heterocycles. The Morgan fingerprint density at radius 2 is 1.71 bits per heavy atom. The summed E-state index contributed by atoms with van der Waals surface area (Å²) in [5, 5.41) is 14.3. The number of carboxylic acid groups (broad SMARTS) is 1. The van der Waals surface area contributed by atoms with E-state index in [0.29, 0.717) is 5.69 Å². The topological polar surface area (TPSA) is 122 Å². The van der Waals surface area contributed by atoms with E-state index in [1.165, 1.54) is 7.05 Å². The first kappa shape index (κ1) is 17.5. The van der Waals surface area contributed by atoms with Crippen LogP contribution in [0.2, 0.25) is 0 Å². The molecule has 0 saturated heterocycles. The van der Waals surface area contributed by atoms with Gasteiger partial charge in [-0.05, 0) is 19.1 Å². The molecule has 4 atom stereocenters. The van der Waals surface area contributed by atoms with Gasteiger partial charge in [-0.3, -0.25) is 19.2 Å². The number of amides is 2. The molecule has 0 aliphatic heterocycles. The van der Waals surface area contributed by atoms with Crippen LogP contribution in [-0.4, -0.2) is 42.5 Å². The molecular formula is C16H18N2O6. The van der Waals surface area contributed by atoms with Gasteiger partial charge in [0.15, 0.2) is 0 Å². The van der Waals surface area contributed by atoms with Crippen molar-refractivity contribution in [3.05, 3.63) is 29.8 Å². The lowest BCUT2D eigenvalue weighted by atomic mass is 9.61. The van der Waals surface area contributed by atoms with Crippen molar-refractivity contribution >= 4 is 29.9 Å². The van der Waals surface area contributed by atoms with Crippen LogP contribution < -0.4 is 10.6 Å². The minimum absolute atomic E-state index is 0.0879. The summed E-state index contributed by atoms with van der Waals surface area (Å²) in [6.07, 6.45) is -1.17. The van der Waals surface area contributed by atoms with Gasteiger partial charge in [-0.25, -0.2) is 0 Å². The van der Waals surface area contributed by atoms with E-state index in [-0.39, 0.29) is 6.47 Å². The number of nitrogens with one attached hydrogen (secondary N) is 2. The fraction of sp³-hybridized carbons (Fsp3) is 0.375. The van der Waals surface area contributed by atoms with Crippen molar-refractivity contribution in [1.29, 1.82) is 0 Å². The second kappa shape index (κ2) is 7.12. The van der Waals surface area contributed by atoms with E-state index < -0.39 is 41.6 Å². The highest BCUT2D eigenvalue weighted by Crippen LogP contribution is 2.43. The molecule has 0 aromatic heterocycles. The third kappa shape index (κ3) is 3.22. The number of aliphatic carboxylic acids is 1. The smallest absolute Gasteiger partial charge is 0.311 e. The Hall–Kier alpha value is -2.90. The van der Waals surface area contributed by atoms with Crippen LogP contribution >= 0.6 is 0 Å². The van der Waals surface area contributed by atoms with Crippen molar-refractivity contribution in [1.82, 2.24) is 5.32 Å². The van der Waals surface area contributed by atoms with E-state index in [1.807, 2.05) is 6.92 Å². The van der Waals surface area contributed by atoms with Crippen LogP contribution in [0.3, 0.4) is 0 Å². The van der Waals surface area contributed by atoms with E-state index in [1.54, 1.807) is 24.3 Å². The fourth-order valence-electron chi connectivity index (χ4n) is 2.91. The number of benzene rings is 1. The van der Waals surface area contributed by atoms with Gasteiger partial charge in [-0.2, -0.15) is 0 Å². The number of ether oxygens (including phenoxy) is 1. The lowest BCUT2D eigenvalue weighted by molar-refractivity contribution is -0.186. The number of carbonyl (C=O) groups is 4. The van der Waals surface area contributed by atoms with Gasteiger partial charge in [0, 0.05) is 12.7 Å². The van der Waals surface area contributed by atoms with Gasteiger partial charge < -0.3 is 20.5 Å². The Bertz CT molecular complexity index is 657. The zero-order valence-corrected chi connectivity index (χ0v) is 13.2. The Labute approximate surface area is 138 Å². The first-order valence-electron chi connectivity index (χ1n) is 7.31. The molecule has 24 heavy (non-hydrogen) atoms. The van der Waals surface area contributed by atoms with Gasteiger partial charge in [-0.1, -0.05) is 17.7 Å². The Morgan fingerprint density at radius 3 is 2.21 bits per heavy atom. The maximum absolute atomic E-state index is 12.5. The predicted octanol–water partition coefficient (Wildman–Crippen LogP) is 0.168. The number of anilines is 1. The molecule has 1 saturated carbocycles. The SMILES string of the molecule is CNC(=O)C1C(OC=O)C(C(=O)O)C1C(=O)Nc1ccc(C)cc1. The summed E-state index contributed by atoms with van der Waals surface area (Å²) < 4.78 is 4.73. The molecule has 1 aliphatic rings. The van der Waals surface area contributed by atoms with Crippen molar-refractivity contribution in [2.45, 2.75) is 13.0 Å². The summed E-state index contributed by atoms with van der Waals surface area (Å²) in [5.41, 5.74) is 1.49. The molecule has 0 bridgehead atoms. The van der Waals surface area contributed by atoms with Gasteiger partial charge in [0.2, 0.25) is 11.8 Å². The first-order valence-corrected chi connectivity index (χ1v) is 7.31. The number of hydrogen-bond acceptors (Lipinski definition) is 5. The summed E-state index contributed by atoms with van der Waals surface area (Å²) >= 11 is 0. The molecule has 3 N–H and O–H groups in total. The lowest BCUT2D eigenvalue weighted by Gasteiger charge is -2.45. The largest absolute Gasteiger partial charge is 0.481 e. The summed E-state index contributed by atoms with van der Waals surface area (Å²) in [6, 6.07) is 6.94. The Balaban J connectivity index is 2.23. The number of rotatable bonds is 6. The van der Waals surface area contributed by atoms with E-state index >= 15 is 0 Å². The summed E-state index contributed by atoms with van der Waals surface area (Å²) in [7, 11) is 1.36. The Kier molecular flexibility index (Phi) is 5.18. The van der Waals surface area contributed by atoms with Gasteiger partial charge in [0.25, 0.3) is 6.47 Å². The number of hydrogen-bond donors (Lipinski definition) is 3. The zero-order chi connectivity index (χ0) is 17.9. The van der Waals surface area contributed by atoms with E-state index in [2.05, 4.69) is 10.6 Å². The highest BCUT2D eigenvalue weighted by atomic mass is 16.5. The minimum atomic E-state index is -1.30. The number of carbonyl (C=O) groups excluding carboxylic acids is 3. The van der Waals surface area contributed by atoms with Crippen LogP contribution in [0.4, 0.5) is 5.69 Å². The molecule has 128 valence electrons. The monoisotopic (exact) mass is 334 g/mol. The summed E-state index contributed by atoms with van der Waals surface area (Å²) in [5.74, 6) is -5.91. The highest BCUT2D eigenvalue weighted by Gasteiger charge is 2.62. The van der Waals surface area contributed by atoms with Gasteiger partial charge in [-0.15, -0.1) is 0 Å². The molecule has 1 aromatic rings. The maximum atomic E-state index is 12.5. The summed E-state index contributed by atoms with van der Waals surface area (Å²) in [6.45, 7) is 1.98. The van der Waals surface area contributed by atoms with Crippen LogP contribution in [0.1, 0.15) is 5.56 Å². The molecule has 0 spiro atoms. The molecule has 1 aliphatic carbocycles. The highest BCUT2D eigenvalue weighted by molar-refractivity contribution is 6.01. The molecule has 8 heteroatoms. The van der Waals surface area contributed by atoms with Crippen LogP contribution in [0.5, 0.6) is 0 Å². The van der Waals surface area contributed by atoms with Crippen molar-refractivity contribution < 1.29 is 29.0 Å². The standard InChI is InChI=1S/C16H18N2O6/c1-8-3-5-9(6-4-8)18-15(21)10-11(14(20)17-2)13(24-7-19)12(10)16(22)23/h3-7,10-13H,1-2H3,(H,17,20)(H,18,21)(H,22,23). The second-order valence-electron chi connectivity index (χ2n) is 5.58. The van der Waals surface area contributed by atoms with Gasteiger partial charge in [0.05, 0.1) is 11.8 Å². The van der Waals surface area contributed by atoms with Crippen LogP contribution in [0.15, 0.2) is 24.3 Å². The normalized spacial score (nSPS) is 25.1. The molecule has 2 amide bonds. The molecule has 0 radical (unpaired) electrons. The van der Waals surface area contributed by atoms with Gasteiger partial charge in [0.1, 0.15) is 12.0 Å². The molecular weight excluding hydrogens is 316 g/mol. The summed E-state index contributed by atoms with van der Waals surface area (Å²) in [4.78, 5) is 46.5. The van der Waals surface area contributed by atoms with Crippen molar-refractivity contribution in [3.63, 3.8) is 0 Å². The van der Waals surface area contributed by atoms with Crippen molar-refractivity contribution in [2.75, 3.05) is 12.4 Å². The van der Waals surface area contributed by atoms with E-state index in [9.17, 15) is 24.3 Å². The van der Waals surface area contributed by atoms with Crippen molar-refractivity contribution in [2.24, 2.45) is 17.8 Å². The molecule has 2 rings (SSSR count). The number of aryl methyl sites for hydroxylation is 1. The molecule has 8 nitrogen and oxygen atoms in total. The quantitative estimate of drug-likeness (QED) is 0.638. The minimum Gasteiger partial charge on any atom is -0.481 e. The zero-order valence-electron chi connectivity index (χ0n) is 13.2. The Morgan fingerprint density at radius 1 is 1.08 bits per heavy atom. The maximum Gasteiger partial charge on any atom is 0.311 e. The molecule has 4 unspecified atom stereocenters. The molecule has 1 aromatic carbocycles. The lowest BCUT2D eigenvalue weighted by Crippen LogP contribution is -2.64. The van der Waals surface area contributed by atoms with Crippen LogP contribution in [0.25, 0.3) is 0 Å². The predicted molar refractivity (Wildman–Crippen MR) is 82.9 cm³/mol. The third-order valence-corrected chi connectivity index (χ3v) is 4.15. The van der Waals surface area contributed by atoms with Crippen molar-refractivity contribution in [3.8, 4) is 0 Å². The van der Waals surface area contributed by atoms with E-state index in [0.717, 1.165) is 5.56 Å². The second-order valence-corrected chi connectivity index (χ2v) is 5.58. The number of carboxylic acids is 1. The van der Waals surface area contributed by atoms with Gasteiger partial charge >= 0.3 is 5.97 Å². The average Bonchev–Trinajstić information content (AvgIpc) is 2.52. The van der Waals surface area contributed by atoms with E-state index in [4.69, 9.17) is 4.74 Å². The molecule has 1 fully saturated rings. The third-order valence-electron chi connectivity index (χ3n) is 4.15. The van der Waals surface area contributed by atoms with Crippen LogP contribution in [-0.2, 0) is 23.9 Å². The average molecular weight is 334 g/mol. The first-order chi connectivity index (χ1) is 11.4. The fourth-order valence-corrected chi connectivity index (χ4v) is 2.91.